The Morgan fingerprint density at radius 3 is 3.00 bits per heavy atom. The molecule has 10 heteroatoms. The van der Waals surface area contributed by atoms with Gasteiger partial charge in [0.25, 0.3) is 5.69 Å². The largest absolute Gasteiger partial charge is 0.379 e. The van der Waals surface area contributed by atoms with Crippen LogP contribution in [-0.2, 0) is 4.79 Å². The molecule has 26 heavy (non-hydrogen) atoms. The number of nitrogens with zero attached hydrogens (tertiary/aromatic N) is 3. The Kier molecular flexibility index (Phi) is 6.96. The first-order valence-electron chi connectivity index (χ1n) is 8.15. The number of hydrogen-bond acceptors (Lipinski definition) is 7. The van der Waals surface area contributed by atoms with Crippen LogP contribution in [0.4, 0.5) is 11.4 Å². The summed E-state index contributed by atoms with van der Waals surface area (Å²) < 4.78 is 0. The van der Waals surface area contributed by atoms with Crippen molar-refractivity contribution in [2.75, 3.05) is 24.7 Å². The van der Waals surface area contributed by atoms with E-state index in [9.17, 15) is 14.9 Å². The number of hydrazone groups is 1. The average Bonchev–Trinajstić information content (AvgIpc) is 2.61. The van der Waals surface area contributed by atoms with Gasteiger partial charge in [0.2, 0.25) is 5.91 Å². The SMILES string of the molecule is CSC(N)=NCCCNc1ccc(C2=NNC(=O)CC2C)cc1[N+](=O)[O-]. The lowest BCUT2D eigenvalue weighted by molar-refractivity contribution is -0.384. The second-order valence-corrected chi connectivity index (χ2v) is 6.66. The number of nitro groups is 1. The highest BCUT2D eigenvalue weighted by atomic mass is 32.2. The van der Waals surface area contributed by atoms with E-state index in [-0.39, 0.29) is 17.5 Å². The molecule has 1 aromatic rings. The van der Waals surface area contributed by atoms with Gasteiger partial charge in [-0.15, -0.1) is 0 Å². The molecule has 0 aliphatic carbocycles. The van der Waals surface area contributed by atoms with Gasteiger partial charge in [-0.3, -0.25) is 19.9 Å². The minimum absolute atomic E-state index is 0.0265. The van der Waals surface area contributed by atoms with Crippen LogP contribution in [0.25, 0.3) is 0 Å². The maximum Gasteiger partial charge on any atom is 0.292 e. The van der Waals surface area contributed by atoms with Crippen molar-refractivity contribution < 1.29 is 9.72 Å². The summed E-state index contributed by atoms with van der Waals surface area (Å²) in [6.45, 7) is 2.97. The van der Waals surface area contributed by atoms with E-state index in [1.54, 1.807) is 12.1 Å². The van der Waals surface area contributed by atoms with E-state index in [0.29, 0.717) is 48.1 Å². The highest BCUT2D eigenvalue weighted by Crippen LogP contribution is 2.28. The molecule has 4 N–H and O–H groups in total. The molecule has 2 rings (SSSR count). The van der Waals surface area contributed by atoms with Crippen LogP contribution in [0.5, 0.6) is 0 Å². The number of nitrogens with two attached hydrogens (primary N) is 1. The lowest BCUT2D eigenvalue weighted by Gasteiger charge is -2.19. The normalized spacial score (nSPS) is 17.5. The van der Waals surface area contributed by atoms with Crippen molar-refractivity contribution in [3.05, 3.63) is 33.9 Å². The van der Waals surface area contributed by atoms with Crippen LogP contribution in [0, 0.1) is 16.0 Å². The van der Waals surface area contributed by atoms with Crippen molar-refractivity contribution in [1.29, 1.82) is 0 Å². The van der Waals surface area contributed by atoms with Crippen LogP contribution in [-0.4, -0.2) is 41.1 Å². The number of amidine groups is 1. The molecule has 0 aromatic heterocycles. The molecular formula is C16H22N6O3S. The first kappa shape index (κ1) is 19.7. The lowest BCUT2D eigenvalue weighted by Crippen LogP contribution is -2.32. The minimum atomic E-state index is -0.428. The fourth-order valence-corrected chi connectivity index (χ4v) is 2.77. The minimum Gasteiger partial charge on any atom is -0.379 e. The summed E-state index contributed by atoms with van der Waals surface area (Å²) in [6, 6.07) is 4.92. The third-order valence-corrected chi connectivity index (χ3v) is 4.42. The van der Waals surface area contributed by atoms with Gasteiger partial charge < -0.3 is 11.1 Å². The van der Waals surface area contributed by atoms with Crippen molar-refractivity contribution in [1.82, 2.24) is 5.43 Å². The zero-order chi connectivity index (χ0) is 19.1. The molecule has 0 saturated heterocycles. The first-order chi connectivity index (χ1) is 12.4. The summed E-state index contributed by atoms with van der Waals surface area (Å²) in [5, 5.41) is 19.1. The molecule has 1 aliphatic rings. The number of carbonyl (C=O) groups excluding carboxylic acids is 1. The van der Waals surface area contributed by atoms with Crippen LogP contribution < -0.4 is 16.5 Å². The van der Waals surface area contributed by atoms with Gasteiger partial charge >= 0.3 is 0 Å². The first-order valence-corrected chi connectivity index (χ1v) is 9.38. The van der Waals surface area contributed by atoms with Gasteiger partial charge in [-0.1, -0.05) is 24.8 Å². The fraction of sp³-hybridized carbons (Fsp3) is 0.438. The van der Waals surface area contributed by atoms with E-state index in [4.69, 9.17) is 5.73 Å². The Morgan fingerprint density at radius 2 is 2.35 bits per heavy atom. The number of nitrogens with one attached hydrogen (secondary N) is 2. The Morgan fingerprint density at radius 1 is 1.58 bits per heavy atom. The van der Waals surface area contributed by atoms with E-state index in [2.05, 4.69) is 20.8 Å². The Labute approximate surface area is 155 Å². The highest BCUT2D eigenvalue weighted by Gasteiger charge is 2.24. The topological polar surface area (TPSA) is 135 Å². The second-order valence-electron chi connectivity index (χ2n) is 5.83. The van der Waals surface area contributed by atoms with Crippen LogP contribution in [0.15, 0.2) is 28.3 Å². The zero-order valence-corrected chi connectivity index (χ0v) is 15.5. The number of carbonyl (C=O) groups is 1. The van der Waals surface area contributed by atoms with Crippen LogP contribution >= 0.6 is 11.8 Å². The molecule has 1 aliphatic heterocycles. The highest BCUT2D eigenvalue weighted by molar-refractivity contribution is 8.13. The van der Waals surface area contributed by atoms with Crippen molar-refractivity contribution in [3.8, 4) is 0 Å². The number of hydrogen-bond donors (Lipinski definition) is 3. The summed E-state index contributed by atoms with van der Waals surface area (Å²) in [4.78, 5) is 26.5. The molecule has 1 heterocycles. The number of rotatable bonds is 7. The zero-order valence-electron chi connectivity index (χ0n) is 14.7. The molecular weight excluding hydrogens is 356 g/mol. The van der Waals surface area contributed by atoms with Crippen molar-refractivity contribution >= 4 is 39.9 Å². The summed E-state index contributed by atoms with van der Waals surface area (Å²) >= 11 is 1.38. The molecule has 0 fully saturated rings. The van der Waals surface area contributed by atoms with Gasteiger partial charge in [0, 0.05) is 37.1 Å². The number of aliphatic imine (C=N–C) groups is 1. The molecule has 0 bridgehead atoms. The number of thioether (sulfide) groups is 1. The molecule has 140 valence electrons. The van der Waals surface area contributed by atoms with E-state index < -0.39 is 4.92 Å². The third kappa shape index (κ3) is 5.19. The number of benzene rings is 1. The van der Waals surface area contributed by atoms with Crippen molar-refractivity contribution in [3.63, 3.8) is 0 Å². The Balaban J connectivity index is 2.09. The van der Waals surface area contributed by atoms with Gasteiger partial charge in [-0.2, -0.15) is 5.10 Å². The predicted molar refractivity (Wildman–Crippen MR) is 105 cm³/mol. The maximum atomic E-state index is 11.4. The Hall–Kier alpha value is -2.62. The molecule has 0 spiro atoms. The van der Waals surface area contributed by atoms with Gasteiger partial charge in [0.05, 0.1) is 10.6 Å². The van der Waals surface area contributed by atoms with Gasteiger partial charge in [0.15, 0.2) is 5.17 Å². The standard InChI is InChI=1S/C16H22N6O3S/c1-10-8-14(23)20-21-15(10)11-4-5-12(13(9-11)22(24)25)18-6-3-7-19-16(17)26-2/h4-5,9-10,18H,3,6-8H2,1-2H3,(H2,17,19)(H,20,23). The predicted octanol–water partition coefficient (Wildman–Crippen LogP) is 1.93. The monoisotopic (exact) mass is 378 g/mol. The molecule has 0 saturated carbocycles. The van der Waals surface area contributed by atoms with Gasteiger partial charge in [0.1, 0.15) is 5.69 Å². The molecule has 1 aromatic carbocycles. The molecule has 0 radical (unpaired) electrons. The number of anilines is 1. The second kappa shape index (κ2) is 9.18. The van der Waals surface area contributed by atoms with Crippen LogP contribution in [0.1, 0.15) is 25.3 Å². The molecule has 1 atom stereocenters. The summed E-state index contributed by atoms with van der Waals surface area (Å²) in [6.07, 6.45) is 2.87. The quantitative estimate of drug-likeness (QED) is 0.218. The van der Waals surface area contributed by atoms with E-state index in [1.807, 2.05) is 13.2 Å². The van der Waals surface area contributed by atoms with Crippen molar-refractivity contribution in [2.24, 2.45) is 21.7 Å². The third-order valence-electron chi connectivity index (χ3n) is 3.88. The van der Waals surface area contributed by atoms with E-state index in [1.165, 1.54) is 17.8 Å². The lowest BCUT2D eigenvalue weighted by atomic mass is 9.93. The fourth-order valence-electron chi connectivity index (χ4n) is 2.55. The molecule has 1 unspecified atom stereocenters. The summed E-state index contributed by atoms with van der Waals surface area (Å²) in [7, 11) is 0. The Bertz CT molecular complexity index is 750. The molecule has 1 amide bonds. The van der Waals surface area contributed by atoms with E-state index >= 15 is 0 Å². The molecule has 9 nitrogen and oxygen atoms in total. The van der Waals surface area contributed by atoms with Crippen LogP contribution in [0.2, 0.25) is 0 Å². The summed E-state index contributed by atoms with van der Waals surface area (Å²) in [5.74, 6) is -0.249. The van der Waals surface area contributed by atoms with Crippen molar-refractivity contribution in [2.45, 2.75) is 19.8 Å². The van der Waals surface area contributed by atoms with E-state index in [0.717, 1.165) is 0 Å². The van der Waals surface area contributed by atoms with Crippen LogP contribution in [0.3, 0.4) is 0 Å². The summed E-state index contributed by atoms with van der Waals surface area (Å²) in [5.41, 5.74) is 9.71. The maximum absolute atomic E-state index is 11.4. The smallest absolute Gasteiger partial charge is 0.292 e. The van der Waals surface area contributed by atoms with Gasteiger partial charge in [-0.05, 0) is 18.7 Å². The van der Waals surface area contributed by atoms with Gasteiger partial charge in [-0.25, -0.2) is 5.43 Å². The average molecular weight is 378 g/mol. The number of nitro benzene ring substituents is 1. The number of amides is 1.